The normalized spacial score (nSPS) is 22.5. The molecule has 2 aromatic heterocycles. The SMILES string of the molecule is C[C@H]1CN(CC2CCOCC2)CCN1C(=O)N1Cc2c(NC(=O)c3ccc(F)cn3)n[nH]c2C1(C)C. The second-order valence-electron chi connectivity index (χ2n) is 10.5. The molecule has 11 heteroatoms. The van der Waals surface area contributed by atoms with Crippen LogP contribution in [0, 0.1) is 11.7 Å². The highest BCUT2D eigenvalue weighted by Crippen LogP contribution is 2.41. The molecule has 194 valence electrons. The summed E-state index contributed by atoms with van der Waals surface area (Å²) in [5.41, 5.74) is 1.04. The smallest absolute Gasteiger partial charge is 0.321 e. The number of halogens is 1. The zero-order valence-electron chi connectivity index (χ0n) is 21.1. The summed E-state index contributed by atoms with van der Waals surface area (Å²) in [7, 11) is 0. The molecule has 2 saturated heterocycles. The first-order chi connectivity index (χ1) is 17.2. The molecule has 2 N–H and O–H groups in total. The van der Waals surface area contributed by atoms with Crippen LogP contribution >= 0.6 is 0 Å². The minimum absolute atomic E-state index is 0.0136. The maximum Gasteiger partial charge on any atom is 0.321 e. The molecular weight excluding hydrogens is 465 g/mol. The summed E-state index contributed by atoms with van der Waals surface area (Å²) in [5, 5.41) is 10.0. The summed E-state index contributed by atoms with van der Waals surface area (Å²) >= 11 is 0. The van der Waals surface area contributed by atoms with E-state index < -0.39 is 17.3 Å². The van der Waals surface area contributed by atoms with E-state index in [9.17, 15) is 14.0 Å². The average Bonchev–Trinajstić information content (AvgIpc) is 3.37. The van der Waals surface area contributed by atoms with E-state index in [0.717, 1.165) is 63.1 Å². The van der Waals surface area contributed by atoms with Gasteiger partial charge in [0.05, 0.1) is 24.0 Å². The number of aromatic nitrogens is 3. The monoisotopic (exact) mass is 499 g/mol. The van der Waals surface area contributed by atoms with Crippen molar-refractivity contribution in [2.75, 3.05) is 44.7 Å². The summed E-state index contributed by atoms with van der Waals surface area (Å²) in [6, 6.07) is 2.59. The van der Waals surface area contributed by atoms with Crippen LogP contribution in [0.3, 0.4) is 0 Å². The van der Waals surface area contributed by atoms with Gasteiger partial charge in [-0.2, -0.15) is 5.10 Å². The fourth-order valence-electron chi connectivity index (χ4n) is 5.54. The molecule has 5 rings (SSSR count). The second kappa shape index (κ2) is 9.78. The van der Waals surface area contributed by atoms with Crippen molar-refractivity contribution >= 4 is 17.8 Å². The zero-order chi connectivity index (χ0) is 25.4. The van der Waals surface area contributed by atoms with E-state index in [1.165, 1.54) is 12.1 Å². The van der Waals surface area contributed by atoms with Crippen molar-refractivity contribution in [2.24, 2.45) is 5.92 Å². The van der Waals surface area contributed by atoms with E-state index in [1.807, 2.05) is 23.6 Å². The highest BCUT2D eigenvalue weighted by Gasteiger charge is 2.46. The van der Waals surface area contributed by atoms with Crippen LogP contribution in [0.25, 0.3) is 0 Å². The molecule has 1 atom stereocenters. The number of H-pyrrole nitrogens is 1. The molecule has 0 bridgehead atoms. The Balaban J connectivity index is 1.24. The van der Waals surface area contributed by atoms with Gasteiger partial charge in [0.25, 0.3) is 5.91 Å². The summed E-state index contributed by atoms with van der Waals surface area (Å²) in [5.74, 6) is 0.0312. The number of anilines is 1. The molecule has 36 heavy (non-hydrogen) atoms. The summed E-state index contributed by atoms with van der Waals surface area (Å²) in [6.07, 6.45) is 3.21. The van der Waals surface area contributed by atoms with Gasteiger partial charge in [-0.3, -0.25) is 14.8 Å². The molecule has 3 aliphatic heterocycles. The molecule has 2 fully saturated rings. The first-order valence-corrected chi connectivity index (χ1v) is 12.6. The molecule has 3 amide bonds. The van der Waals surface area contributed by atoms with Gasteiger partial charge in [-0.05, 0) is 51.7 Å². The van der Waals surface area contributed by atoms with E-state index >= 15 is 0 Å². The van der Waals surface area contributed by atoms with Crippen molar-refractivity contribution in [1.29, 1.82) is 0 Å². The van der Waals surface area contributed by atoms with Crippen LogP contribution in [0.4, 0.5) is 15.0 Å². The first-order valence-electron chi connectivity index (χ1n) is 12.6. The van der Waals surface area contributed by atoms with Gasteiger partial charge in [0.1, 0.15) is 11.5 Å². The topological polar surface area (TPSA) is 107 Å². The van der Waals surface area contributed by atoms with Gasteiger partial charge in [0, 0.05) is 51.0 Å². The molecular formula is C25H34FN7O3. The number of urea groups is 1. The van der Waals surface area contributed by atoms with Gasteiger partial charge < -0.3 is 19.9 Å². The third-order valence-electron chi connectivity index (χ3n) is 7.71. The molecule has 0 aliphatic carbocycles. The molecule has 3 aliphatic rings. The van der Waals surface area contributed by atoms with Gasteiger partial charge in [0.2, 0.25) is 0 Å². The number of fused-ring (bicyclic) bond motifs is 1. The predicted octanol–water partition coefficient (Wildman–Crippen LogP) is 2.80. The van der Waals surface area contributed by atoms with Crippen molar-refractivity contribution < 1.29 is 18.7 Å². The predicted molar refractivity (Wildman–Crippen MR) is 131 cm³/mol. The number of piperazine rings is 1. The molecule has 0 unspecified atom stereocenters. The van der Waals surface area contributed by atoms with Gasteiger partial charge in [-0.15, -0.1) is 0 Å². The van der Waals surface area contributed by atoms with Gasteiger partial charge in [-0.25, -0.2) is 14.2 Å². The van der Waals surface area contributed by atoms with Gasteiger partial charge in [-0.1, -0.05) is 0 Å². The number of rotatable bonds is 4. The highest BCUT2D eigenvalue weighted by atomic mass is 19.1. The minimum atomic E-state index is -0.616. The Bertz CT molecular complexity index is 1110. The van der Waals surface area contributed by atoms with E-state index in [4.69, 9.17) is 4.74 Å². The lowest BCUT2D eigenvalue weighted by atomic mass is 9.99. The summed E-state index contributed by atoms with van der Waals surface area (Å²) in [4.78, 5) is 36.4. The molecule has 0 spiro atoms. The number of ether oxygens (including phenoxy) is 1. The number of hydrogen-bond donors (Lipinski definition) is 2. The molecule has 0 radical (unpaired) electrons. The largest absolute Gasteiger partial charge is 0.381 e. The Labute approximate surface area is 210 Å². The van der Waals surface area contributed by atoms with Crippen LogP contribution in [0.5, 0.6) is 0 Å². The number of carbonyl (C=O) groups is 2. The third-order valence-corrected chi connectivity index (χ3v) is 7.71. The van der Waals surface area contributed by atoms with Gasteiger partial charge >= 0.3 is 6.03 Å². The van der Waals surface area contributed by atoms with Crippen molar-refractivity contribution in [3.05, 3.63) is 41.1 Å². The first kappa shape index (κ1) is 24.6. The summed E-state index contributed by atoms with van der Waals surface area (Å²) in [6.45, 7) is 11.6. The van der Waals surface area contributed by atoms with Gasteiger partial charge in [0.15, 0.2) is 5.82 Å². The average molecular weight is 500 g/mol. The standard InChI is InChI=1S/C25H34FN7O3/c1-16-13-31(14-17-6-10-36-11-7-17)8-9-32(16)24(35)33-15-19-21(25(33,2)3)29-30-22(19)28-23(34)20-5-4-18(26)12-27-20/h4-5,12,16-17H,6-11,13-15H2,1-3H3,(H2,28,29,30,34)/t16-/m0/s1. The van der Waals surface area contributed by atoms with Crippen LogP contribution in [0.2, 0.25) is 0 Å². The number of hydrogen-bond acceptors (Lipinski definition) is 6. The fraction of sp³-hybridized carbons (Fsp3) is 0.600. The minimum Gasteiger partial charge on any atom is -0.381 e. The number of carbonyl (C=O) groups excluding carboxylic acids is 2. The summed E-state index contributed by atoms with van der Waals surface area (Å²) < 4.78 is 18.6. The van der Waals surface area contributed by atoms with Crippen molar-refractivity contribution in [1.82, 2.24) is 29.9 Å². The molecule has 2 aromatic rings. The van der Waals surface area contributed by atoms with Crippen LogP contribution in [-0.4, -0.2) is 87.3 Å². The van der Waals surface area contributed by atoms with Crippen LogP contribution < -0.4 is 5.32 Å². The maximum absolute atomic E-state index is 13.7. The van der Waals surface area contributed by atoms with Crippen molar-refractivity contribution in [3.8, 4) is 0 Å². The third kappa shape index (κ3) is 4.69. The second-order valence-corrected chi connectivity index (χ2v) is 10.5. The number of nitrogens with zero attached hydrogens (tertiary/aromatic N) is 5. The maximum atomic E-state index is 13.7. The van der Waals surface area contributed by atoms with E-state index in [2.05, 4.69) is 32.3 Å². The quantitative estimate of drug-likeness (QED) is 0.670. The van der Waals surface area contributed by atoms with Crippen molar-refractivity contribution in [3.63, 3.8) is 0 Å². The fourth-order valence-corrected chi connectivity index (χ4v) is 5.54. The highest BCUT2D eigenvalue weighted by molar-refractivity contribution is 6.02. The number of pyridine rings is 1. The Morgan fingerprint density at radius 3 is 2.72 bits per heavy atom. The Morgan fingerprint density at radius 1 is 1.25 bits per heavy atom. The molecule has 0 saturated carbocycles. The van der Waals surface area contributed by atoms with Crippen LogP contribution in [0.1, 0.15) is 55.4 Å². The number of aromatic amines is 1. The lowest BCUT2D eigenvalue weighted by Crippen LogP contribution is -2.59. The van der Waals surface area contributed by atoms with Crippen molar-refractivity contribution in [2.45, 2.75) is 51.7 Å². The molecule has 0 aromatic carbocycles. The van der Waals surface area contributed by atoms with Crippen LogP contribution in [0.15, 0.2) is 18.3 Å². The van der Waals surface area contributed by atoms with E-state index in [-0.39, 0.29) is 17.8 Å². The van der Waals surface area contributed by atoms with E-state index in [0.29, 0.717) is 24.8 Å². The van der Waals surface area contributed by atoms with E-state index in [1.54, 1.807) is 0 Å². The molecule has 5 heterocycles. The Kier molecular flexibility index (Phi) is 6.69. The van der Waals surface area contributed by atoms with Crippen LogP contribution in [-0.2, 0) is 16.8 Å². The Hall–Kier alpha value is -3.05. The lowest BCUT2D eigenvalue weighted by molar-refractivity contribution is 0.0290. The molecule has 10 nitrogen and oxygen atoms in total. The number of nitrogens with one attached hydrogen (secondary N) is 2. The number of amides is 3. The lowest BCUT2D eigenvalue weighted by Gasteiger charge is -2.44. The zero-order valence-corrected chi connectivity index (χ0v) is 21.1. The Morgan fingerprint density at radius 2 is 2.03 bits per heavy atom.